The molecule has 2 aromatic heterocycles. The van der Waals surface area contributed by atoms with Crippen LogP contribution in [0.3, 0.4) is 0 Å². The number of hydrogen-bond acceptors (Lipinski definition) is 7. The SMILES string of the molecule is Cn1ncnc1C1c2n[nH]c(=O)c3cc(F)cc(c23)NNC1c1ccc(CN2CCC2)cc1. The molecule has 4 heterocycles. The van der Waals surface area contributed by atoms with Crippen molar-refractivity contribution in [1.82, 2.24) is 35.3 Å². The van der Waals surface area contributed by atoms with Gasteiger partial charge in [0.25, 0.3) is 5.56 Å². The lowest BCUT2D eigenvalue weighted by Gasteiger charge is -2.31. The van der Waals surface area contributed by atoms with Gasteiger partial charge in [0.05, 0.1) is 28.7 Å². The van der Waals surface area contributed by atoms with Gasteiger partial charge in [-0.2, -0.15) is 10.2 Å². The topological polar surface area (TPSA) is 104 Å². The highest BCUT2D eigenvalue weighted by atomic mass is 19.1. The summed E-state index contributed by atoms with van der Waals surface area (Å²) in [5.41, 5.74) is 9.35. The number of rotatable bonds is 4. The number of aromatic nitrogens is 5. The third kappa shape index (κ3) is 3.38. The molecule has 2 unspecified atom stereocenters. The van der Waals surface area contributed by atoms with Gasteiger partial charge in [-0.3, -0.25) is 14.4 Å². The number of anilines is 1. The Morgan fingerprint density at radius 2 is 2.00 bits per heavy atom. The van der Waals surface area contributed by atoms with Crippen LogP contribution in [0.2, 0.25) is 0 Å². The molecule has 9 nitrogen and oxygen atoms in total. The Hall–Kier alpha value is -3.63. The van der Waals surface area contributed by atoms with E-state index in [1.807, 2.05) is 7.05 Å². The Kier molecular flexibility index (Phi) is 4.70. The maximum Gasteiger partial charge on any atom is 0.272 e. The minimum Gasteiger partial charge on any atom is -0.320 e. The Morgan fingerprint density at radius 1 is 1.18 bits per heavy atom. The average molecular weight is 446 g/mol. The molecule has 3 N–H and O–H groups in total. The maximum atomic E-state index is 14.3. The van der Waals surface area contributed by atoms with Gasteiger partial charge < -0.3 is 5.43 Å². The largest absolute Gasteiger partial charge is 0.320 e. The van der Waals surface area contributed by atoms with Gasteiger partial charge in [-0.1, -0.05) is 24.3 Å². The summed E-state index contributed by atoms with van der Waals surface area (Å²) in [6.07, 6.45) is 2.76. The molecule has 0 aliphatic carbocycles. The number of benzene rings is 2. The second kappa shape index (κ2) is 7.75. The standard InChI is InChI=1S/C23H23FN8O/c1-31-22(25-12-26-31)19-20(14-5-3-13(4-6-14)11-32-7-2-8-32)28-27-17-10-15(24)9-16-18(17)21(19)29-30-23(16)33/h3-6,9-10,12,19-20,27-28H,2,7-8,11H2,1H3,(H,30,33). The number of hydrogen-bond donors (Lipinski definition) is 3. The Balaban J connectivity index is 1.50. The monoisotopic (exact) mass is 446 g/mol. The summed E-state index contributed by atoms with van der Waals surface area (Å²) in [5.74, 6) is -0.215. The lowest BCUT2D eigenvalue weighted by atomic mass is 9.87. The fourth-order valence-corrected chi connectivity index (χ4v) is 4.77. The molecule has 0 spiro atoms. The van der Waals surface area contributed by atoms with Gasteiger partial charge >= 0.3 is 0 Å². The summed E-state index contributed by atoms with van der Waals surface area (Å²) >= 11 is 0. The van der Waals surface area contributed by atoms with E-state index in [1.54, 1.807) is 4.68 Å². The second-order valence-corrected chi connectivity index (χ2v) is 8.65. The molecule has 6 rings (SSSR count). The molecule has 168 valence electrons. The van der Waals surface area contributed by atoms with Crippen LogP contribution in [0.4, 0.5) is 10.1 Å². The fourth-order valence-electron chi connectivity index (χ4n) is 4.77. The van der Waals surface area contributed by atoms with Crippen molar-refractivity contribution < 1.29 is 4.39 Å². The van der Waals surface area contributed by atoms with Crippen LogP contribution < -0.4 is 16.4 Å². The third-order valence-corrected chi connectivity index (χ3v) is 6.59. The minimum absolute atomic E-state index is 0.238. The first-order chi connectivity index (χ1) is 16.1. The highest BCUT2D eigenvalue weighted by molar-refractivity contribution is 5.96. The number of halogens is 1. The molecule has 0 saturated carbocycles. The number of hydrazine groups is 1. The third-order valence-electron chi connectivity index (χ3n) is 6.59. The van der Waals surface area contributed by atoms with Crippen molar-refractivity contribution in [1.29, 1.82) is 0 Å². The molecular weight excluding hydrogens is 423 g/mol. The summed E-state index contributed by atoms with van der Waals surface area (Å²) in [5, 5.41) is 12.0. The minimum atomic E-state index is -0.501. The summed E-state index contributed by atoms with van der Waals surface area (Å²) in [6.45, 7) is 3.23. The van der Waals surface area contributed by atoms with Gasteiger partial charge in [0.15, 0.2) is 0 Å². The number of H-pyrrole nitrogens is 1. The van der Waals surface area contributed by atoms with Crippen LogP contribution in [0.5, 0.6) is 0 Å². The van der Waals surface area contributed by atoms with Crippen molar-refractivity contribution in [3.8, 4) is 0 Å². The van der Waals surface area contributed by atoms with Crippen molar-refractivity contribution in [2.75, 3.05) is 18.5 Å². The van der Waals surface area contributed by atoms with Gasteiger partial charge in [-0.05, 0) is 42.8 Å². The van der Waals surface area contributed by atoms with E-state index < -0.39 is 17.3 Å². The quantitative estimate of drug-likeness (QED) is 0.442. The van der Waals surface area contributed by atoms with Gasteiger partial charge in [-0.25, -0.2) is 19.9 Å². The molecule has 0 radical (unpaired) electrons. The maximum absolute atomic E-state index is 14.3. The zero-order valence-corrected chi connectivity index (χ0v) is 18.0. The molecule has 2 aliphatic rings. The molecule has 0 amide bonds. The van der Waals surface area contributed by atoms with Crippen LogP contribution in [-0.2, 0) is 13.6 Å². The smallest absolute Gasteiger partial charge is 0.272 e. The number of likely N-dealkylation sites (tertiary alicyclic amines) is 1. The van der Waals surface area contributed by atoms with E-state index in [0.29, 0.717) is 22.6 Å². The number of nitrogens with zero attached hydrogens (tertiary/aromatic N) is 5. The average Bonchev–Trinajstić information content (AvgIpc) is 3.13. The summed E-state index contributed by atoms with van der Waals surface area (Å²) in [4.78, 5) is 19.4. The molecule has 0 bridgehead atoms. The predicted molar refractivity (Wildman–Crippen MR) is 121 cm³/mol. The molecule has 10 heteroatoms. The molecule has 2 atom stereocenters. The highest BCUT2D eigenvalue weighted by Crippen LogP contribution is 2.41. The summed E-state index contributed by atoms with van der Waals surface area (Å²) in [6, 6.07) is 10.8. The van der Waals surface area contributed by atoms with Crippen molar-refractivity contribution >= 4 is 16.5 Å². The molecule has 1 fully saturated rings. The van der Waals surface area contributed by atoms with E-state index in [-0.39, 0.29) is 11.4 Å². The van der Waals surface area contributed by atoms with Gasteiger partial charge in [0.1, 0.15) is 18.0 Å². The highest BCUT2D eigenvalue weighted by Gasteiger charge is 2.36. The summed E-state index contributed by atoms with van der Waals surface area (Å²) < 4.78 is 16.0. The fraction of sp³-hybridized carbons (Fsp3) is 0.304. The summed E-state index contributed by atoms with van der Waals surface area (Å²) in [7, 11) is 1.82. The second-order valence-electron chi connectivity index (χ2n) is 8.65. The van der Waals surface area contributed by atoms with E-state index in [2.05, 4.69) is 60.3 Å². The normalized spacial score (nSPS) is 20.3. The predicted octanol–water partition coefficient (Wildman–Crippen LogP) is 2.20. The van der Waals surface area contributed by atoms with E-state index in [0.717, 1.165) is 25.2 Å². The van der Waals surface area contributed by atoms with Crippen LogP contribution in [0.25, 0.3) is 10.8 Å². The molecule has 2 aliphatic heterocycles. The van der Waals surface area contributed by atoms with Crippen molar-refractivity contribution in [2.45, 2.75) is 24.9 Å². The molecule has 2 aromatic carbocycles. The lowest BCUT2D eigenvalue weighted by molar-refractivity contribution is 0.172. The van der Waals surface area contributed by atoms with E-state index >= 15 is 0 Å². The molecule has 33 heavy (non-hydrogen) atoms. The molecule has 4 aromatic rings. The first-order valence-electron chi connectivity index (χ1n) is 11.0. The van der Waals surface area contributed by atoms with E-state index in [9.17, 15) is 9.18 Å². The number of aryl methyl sites for hydroxylation is 1. The van der Waals surface area contributed by atoms with Crippen LogP contribution in [-0.4, -0.2) is 43.0 Å². The van der Waals surface area contributed by atoms with Crippen LogP contribution >= 0.6 is 0 Å². The van der Waals surface area contributed by atoms with Crippen LogP contribution in [0, 0.1) is 5.82 Å². The Bertz CT molecular complexity index is 1390. The van der Waals surface area contributed by atoms with Gasteiger partial charge in [0, 0.05) is 19.0 Å². The number of nitrogens with one attached hydrogen (secondary N) is 3. The first-order valence-corrected chi connectivity index (χ1v) is 11.0. The van der Waals surface area contributed by atoms with E-state index in [4.69, 9.17) is 0 Å². The zero-order chi connectivity index (χ0) is 22.5. The van der Waals surface area contributed by atoms with Crippen molar-refractivity contribution in [2.24, 2.45) is 7.05 Å². The molecular formula is C23H23FN8O. The zero-order valence-electron chi connectivity index (χ0n) is 18.0. The van der Waals surface area contributed by atoms with Crippen molar-refractivity contribution in [3.63, 3.8) is 0 Å². The molecule has 1 saturated heterocycles. The Labute approximate surface area is 188 Å². The Morgan fingerprint density at radius 3 is 2.70 bits per heavy atom. The van der Waals surface area contributed by atoms with Crippen LogP contribution in [0.1, 0.15) is 41.0 Å². The van der Waals surface area contributed by atoms with Crippen LogP contribution in [0.15, 0.2) is 47.5 Å². The van der Waals surface area contributed by atoms with Gasteiger partial charge in [0.2, 0.25) is 0 Å². The van der Waals surface area contributed by atoms with E-state index in [1.165, 1.54) is 30.4 Å². The lowest BCUT2D eigenvalue weighted by Crippen LogP contribution is -2.36. The van der Waals surface area contributed by atoms with Gasteiger partial charge in [-0.15, -0.1) is 0 Å². The first kappa shape index (κ1) is 20.0. The number of aromatic amines is 1. The van der Waals surface area contributed by atoms with Crippen molar-refractivity contribution in [3.05, 3.63) is 81.5 Å².